The average Bonchev–Trinajstić information content (AvgIpc) is 3.18. The van der Waals surface area contributed by atoms with Gasteiger partial charge in [0.1, 0.15) is 11.4 Å². The van der Waals surface area contributed by atoms with Gasteiger partial charge in [0.2, 0.25) is 0 Å². The van der Waals surface area contributed by atoms with Crippen LogP contribution < -0.4 is 10.1 Å². The number of carbonyl (C=O) groups excluding carboxylic acids is 1. The molecule has 1 amide bonds. The van der Waals surface area contributed by atoms with Gasteiger partial charge in [0, 0.05) is 30.1 Å². The number of hydrogen-bond acceptors (Lipinski definition) is 5. The van der Waals surface area contributed by atoms with Crippen molar-refractivity contribution in [3.63, 3.8) is 0 Å². The third-order valence-electron chi connectivity index (χ3n) is 4.52. The molecule has 2 heterocycles. The van der Waals surface area contributed by atoms with Crippen LogP contribution in [-0.4, -0.2) is 54.0 Å². The van der Waals surface area contributed by atoms with Crippen LogP contribution in [0.2, 0.25) is 5.02 Å². The topological polar surface area (TPSA) is 66.8 Å². The second kappa shape index (κ2) is 10.00. The van der Waals surface area contributed by atoms with E-state index in [9.17, 15) is 18.0 Å². The molecule has 0 unspecified atom stereocenters. The third-order valence-corrected chi connectivity index (χ3v) is 4.77. The number of ether oxygens (including phenoxy) is 1. The van der Waals surface area contributed by atoms with E-state index in [1.807, 2.05) is 5.01 Å². The van der Waals surface area contributed by atoms with E-state index in [4.69, 9.17) is 16.3 Å². The predicted octanol–water partition coefficient (Wildman–Crippen LogP) is 4.54. The van der Waals surface area contributed by atoms with E-state index >= 15 is 0 Å². The molecule has 1 N–H and O–H groups in total. The van der Waals surface area contributed by atoms with Crippen LogP contribution in [0, 0.1) is 0 Å². The summed E-state index contributed by atoms with van der Waals surface area (Å²) in [5.74, 6) is -0.527. The minimum atomic E-state index is -4.50. The van der Waals surface area contributed by atoms with Crippen LogP contribution >= 0.6 is 11.6 Å². The van der Waals surface area contributed by atoms with Gasteiger partial charge in [-0.1, -0.05) is 30.7 Å². The van der Waals surface area contributed by atoms with E-state index in [1.54, 1.807) is 24.3 Å². The molecule has 0 bridgehead atoms. The Hall–Kier alpha value is -2.81. The number of hydrogen-bond donors (Lipinski definition) is 1. The van der Waals surface area contributed by atoms with E-state index in [0.717, 1.165) is 37.8 Å². The Balaban J connectivity index is 1.77. The van der Waals surface area contributed by atoms with Crippen molar-refractivity contribution in [3.05, 3.63) is 47.2 Å². The molecule has 0 saturated heterocycles. The number of amides is 1. The number of carbonyl (C=O) groups is 1. The summed E-state index contributed by atoms with van der Waals surface area (Å²) in [6, 6.07) is 7.88. The first-order valence-electron chi connectivity index (χ1n) is 9.80. The molecule has 1 aromatic carbocycles. The van der Waals surface area contributed by atoms with E-state index in [2.05, 4.69) is 22.3 Å². The molecule has 10 heteroatoms. The first-order valence-corrected chi connectivity index (χ1v) is 10.2. The summed E-state index contributed by atoms with van der Waals surface area (Å²) in [4.78, 5) is 16.6. The number of hydrazone groups is 1. The molecule has 3 rings (SSSR count). The van der Waals surface area contributed by atoms with Crippen LogP contribution in [0.5, 0.6) is 5.75 Å². The fourth-order valence-corrected chi connectivity index (χ4v) is 3.20. The Morgan fingerprint density at radius 1 is 1.29 bits per heavy atom. The Kier molecular flexibility index (Phi) is 7.37. The van der Waals surface area contributed by atoms with Crippen molar-refractivity contribution in [2.75, 3.05) is 26.2 Å². The Morgan fingerprint density at radius 2 is 2.03 bits per heavy atom. The average molecular weight is 455 g/mol. The zero-order valence-corrected chi connectivity index (χ0v) is 17.6. The number of nitrogens with zero attached hydrogens (tertiary/aromatic N) is 3. The van der Waals surface area contributed by atoms with Crippen molar-refractivity contribution in [2.24, 2.45) is 5.10 Å². The van der Waals surface area contributed by atoms with Crippen molar-refractivity contribution < 1.29 is 22.7 Å². The summed E-state index contributed by atoms with van der Waals surface area (Å²) in [7, 11) is 0. The number of halogens is 4. The fraction of sp³-hybridized carbons (Fsp3) is 0.381. The van der Waals surface area contributed by atoms with Crippen molar-refractivity contribution in [1.82, 2.24) is 15.3 Å². The smallest absolute Gasteiger partial charge is 0.422 e. The number of nitrogens with one attached hydrogen (secondary N) is 1. The van der Waals surface area contributed by atoms with Gasteiger partial charge in [-0.05, 0) is 30.2 Å². The first-order chi connectivity index (χ1) is 14.7. The molecular formula is C21H22ClF3N4O2. The second-order valence-electron chi connectivity index (χ2n) is 7.03. The van der Waals surface area contributed by atoms with Crippen LogP contribution in [0.3, 0.4) is 0 Å². The second-order valence-corrected chi connectivity index (χ2v) is 7.47. The molecule has 166 valence electrons. The Labute approximate surface area is 183 Å². The standard InChI is InChI=1S/C21H22ClF3N4O2/c1-2-8-29-9-7-16(28-29)11-27-20(30)18-10-17(14-3-5-15(22)6-4-14)19(12-26-18)31-13-21(23,24)25/h3-6,10,12H,2,7-9,11,13H2,1H3,(H,27,30). The minimum absolute atomic E-state index is 0.0633. The van der Waals surface area contributed by atoms with Crippen LogP contribution in [-0.2, 0) is 0 Å². The molecule has 1 aliphatic heterocycles. The molecule has 31 heavy (non-hydrogen) atoms. The summed E-state index contributed by atoms with van der Waals surface area (Å²) in [6.45, 7) is 2.58. The van der Waals surface area contributed by atoms with E-state index in [1.165, 1.54) is 6.07 Å². The molecule has 1 aromatic heterocycles. The van der Waals surface area contributed by atoms with Gasteiger partial charge in [0.25, 0.3) is 5.91 Å². The van der Waals surface area contributed by atoms with Crippen molar-refractivity contribution >= 4 is 23.2 Å². The number of aromatic nitrogens is 1. The first kappa shape index (κ1) is 22.9. The lowest BCUT2D eigenvalue weighted by atomic mass is 10.0. The quantitative estimate of drug-likeness (QED) is 0.635. The number of rotatable bonds is 8. The highest BCUT2D eigenvalue weighted by molar-refractivity contribution is 6.30. The highest BCUT2D eigenvalue weighted by atomic mass is 35.5. The lowest BCUT2D eigenvalue weighted by Gasteiger charge is -2.14. The Bertz CT molecular complexity index is 949. The van der Waals surface area contributed by atoms with Crippen LogP contribution in [0.1, 0.15) is 30.3 Å². The SMILES string of the molecule is CCCN1CCC(CNC(=O)c2cc(-c3ccc(Cl)cc3)c(OCC(F)(F)F)cn2)=N1. The van der Waals surface area contributed by atoms with E-state index in [-0.39, 0.29) is 18.0 Å². The number of alkyl halides is 3. The molecule has 0 atom stereocenters. The van der Waals surface area contributed by atoms with Crippen molar-refractivity contribution in [2.45, 2.75) is 25.9 Å². The summed E-state index contributed by atoms with van der Waals surface area (Å²) in [6.07, 6.45) is -1.61. The van der Waals surface area contributed by atoms with Crippen LogP contribution in [0.25, 0.3) is 11.1 Å². The van der Waals surface area contributed by atoms with E-state index in [0.29, 0.717) is 16.1 Å². The molecule has 2 aromatic rings. The maximum Gasteiger partial charge on any atom is 0.422 e. The Morgan fingerprint density at radius 3 is 2.71 bits per heavy atom. The zero-order chi connectivity index (χ0) is 22.4. The lowest BCUT2D eigenvalue weighted by molar-refractivity contribution is -0.153. The predicted molar refractivity (Wildman–Crippen MR) is 112 cm³/mol. The molecule has 0 aliphatic carbocycles. The molecule has 0 fully saturated rings. The van der Waals surface area contributed by atoms with E-state index < -0.39 is 18.7 Å². The largest absolute Gasteiger partial charge is 0.482 e. The maximum absolute atomic E-state index is 12.6. The van der Waals surface area contributed by atoms with Crippen molar-refractivity contribution in [1.29, 1.82) is 0 Å². The minimum Gasteiger partial charge on any atom is -0.482 e. The molecule has 1 aliphatic rings. The third kappa shape index (κ3) is 6.58. The molecule has 0 saturated carbocycles. The van der Waals surface area contributed by atoms with Crippen LogP contribution in [0.4, 0.5) is 13.2 Å². The van der Waals surface area contributed by atoms with Gasteiger partial charge in [0.15, 0.2) is 6.61 Å². The molecule has 6 nitrogen and oxygen atoms in total. The van der Waals surface area contributed by atoms with Crippen LogP contribution in [0.15, 0.2) is 41.6 Å². The fourth-order valence-electron chi connectivity index (χ4n) is 3.07. The molecule has 0 spiro atoms. The van der Waals surface area contributed by atoms with Gasteiger partial charge in [-0.2, -0.15) is 18.3 Å². The zero-order valence-electron chi connectivity index (χ0n) is 16.9. The molecule has 0 radical (unpaired) electrons. The summed E-state index contributed by atoms with van der Waals surface area (Å²) in [5, 5.41) is 9.66. The van der Waals surface area contributed by atoms with Gasteiger partial charge in [-0.15, -0.1) is 0 Å². The monoisotopic (exact) mass is 454 g/mol. The van der Waals surface area contributed by atoms with Gasteiger partial charge in [-0.25, -0.2) is 4.98 Å². The maximum atomic E-state index is 12.6. The lowest BCUT2D eigenvalue weighted by Crippen LogP contribution is -2.29. The normalized spacial score (nSPS) is 13.8. The van der Waals surface area contributed by atoms with Gasteiger partial charge in [0.05, 0.1) is 18.5 Å². The number of pyridine rings is 1. The highest BCUT2D eigenvalue weighted by Gasteiger charge is 2.29. The molecular weight excluding hydrogens is 433 g/mol. The van der Waals surface area contributed by atoms with Gasteiger partial charge in [-0.3, -0.25) is 9.80 Å². The summed E-state index contributed by atoms with van der Waals surface area (Å²) >= 11 is 5.90. The van der Waals surface area contributed by atoms with Gasteiger partial charge >= 0.3 is 6.18 Å². The van der Waals surface area contributed by atoms with Gasteiger partial charge < -0.3 is 10.1 Å². The number of benzene rings is 1. The van der Waals surface area contributed by atoms with Crippen molar-refractivity contribution in [3.8, 4) is 16.9 Å². The summed E-state index contributed by atoms with van der Waals surface area (Å²) < 4.78 is 42.8. The summed E-state index contributed by atoms with van der Waals surface area (Å²) in [5.41, 5.74) is 1.79. The highest BCUT2D eigenvalue weighted by Crippen LogP contribution is 2.32.